The van der Waals surface area contributed by atoms with Gasteiger partial charge in [-0.15, -0.1) is 11.3 Å². The summed E-state index contributed by atoms with van der Waals surface area (Å²) in [5.41, 5.74) is 1.43. The highest BCUT2D eigenvalue weighted by Gasteiger charge is 2.36. The number of rotatable bonds is 1. The monoisotopic (exact) mass is 244 g/mol. The van der Waals surface area contributed by atoms with Gasteiger partial charge in [0.05, 0.1) is 0 Å². The van der Waals surface area contributed by atoms with Crippen molar-refractivity contribution in [1.82, 2.24) is 5.32 Å². The number of anilines is 1. The van der Waals surface area contributed by atoms with E-state index in [0.29, 0.717) is 0 Å². The molecule has 1 aromatic heterocycles. The quantitative estimate of drug-likeness (QED) is 0.829. The Bertz CT molecular complexity index is 536. The molecule has 3 heteroatoms. The Morgan fingerprint density at radius 3 is 3.18 bits per heavy atom. The summed E-state index contributed by atoms with van der Waals surface area (Å²) >= 11 is 1.84. The summed E-state index contributed by atoms with van der Waals surface area (Å²) in [7, 11) is 0. The summed E-state index contributed by atoms with van der Waals surface area (Å²) in [5.74, 6) is 0.865. The van der Waals surface area contributed by atoms with Crippen molar-refractivity contribution in [1.29, 1.82) is 0 Å². The predicted octanol–water partition coefficient (Wildman–Crippen LogP) is 2.70. The number of hydrogen-bond acceptors (Lipinski definition) is 3. The van der Waals surface area contributed by atoms with Crippen LogP contribution in [0.4, 0.5) is 5.69 Å². The molecule has 2 aliphatic heterocycles. The van der Waals surface area contributed by atoms with Gasteiger partial charge in [-0.25, -0.2) is 0 Å². The van der Waals surface area contributed by atoms with Crippen molar-refractivity contribution in [3.05, 3.63) is 29.6 Å². The predicted molar refractivity (Wildman–Crippen MR) is 73.9 cm³/mol. The van der Waals surface area contributed by atoms with Crippen molar-refractivity contribution in [3.63, 3.8) is 0 Å². The maximum absolute atomic E-state index is 3.62. The lowest BCUT2D eigenvalue weighted by molar-refractivity contribution is 0.556. The number of fused-ring (bicyclic) bond motifs is 2. The summed E-state index contributed by atoms with van der Waals surface area (Å²) in [4.78, 5) is 2.57. The van der Waals surface area contributed by atoms with Crippen LogP contribution in [-0.4, -0.2) is 25.7 Å². The van der Waals surface area contributed by atoms with Crippen molar-refractivity contribution >= 4 is 27.1 Å². The van der Waals surface area contributed by atoms with Gasteiger partial charge in [0.15, 0.2) is 0 Å². The third-order valence-electron chi connectivity index (χ3n) is 4.18. The van der Waals surface area contributed by atoms with Crippen LogP contribution in [0.15, 0.2) is 29.6 Å². The molecule has 0 bridgehead atoms. The number of hydrogen-bond donors (Lipinski definition) is 1. The van der Waals surface area contributed by atoms with Gasteiger partial charge in [0.25, 0.3) is 0 Å². The molecule has 2 unspecified atom stereocenters. The molecule has 2 aromatic rings. The van der Waals surface area contributed by atoms with Crippen LogP contribution in [0.2, 0.25) is 0 Å². The number of nitrogens with one attached hydrogen (secondary N) is 1. The van der Waals surface area contributed by atoms with E-state index in [2.05, 4.69) is 39.9 Å². The van der Waals surface area contributed by atoms with Gasteiger partial charge in [0, 0.05) is 34.9 Å². The molecule has 2 fully saturated rings. The average Bonchev–Trinajstić information content (AvgIpc) is 3.02. The molecule has 4 rings (SSSR count). The Morgan fingerprint density at radius 2 is 2.24 bits per heavy atom. The molecular formula is C14H16N2S. The van der Waals surface area contributed by atoms with Crippen LogP contribution in [0.1, 0.15) is 6.42 Å². The molecule has 0 radical (unpaired) electrons. The Morgan fingerprint density at radius 1 is 1.24 bits per heavy atom. The summed E-state index contributed by atoms with van der Waals surface area (Å²) in [5, 5.41) is 7.25. The molecule has 0 aliphatic carbocycles. The van der Waals surface area contributed by atoms with Crippen LogP contribution in [0.5, 0.6) is 0 Å². The van der Waals surface area contributed by atoms with Crippen molar-refractivity contribution in [2.75, 3.05) is 24.5 Å². The fourth-order valence-electron chi connectivity index (χ4n) is 3.30. The van der Waals surface area contributed by atoms with Crippen LogP contribution in [0.25, 0.3) is 10.1 Å². The Kier molecular flexibility index (Phi) is 2.17. The van der Waals surface area contributed by atoms with E-state index in [9.17, 15) is 0 Å². The van der Waals surface area contributed by atoms with Gasteiger partial charge in [-0.3, -0.25) is 0 Å². The Hall–Kier alpha value is -1.06. The minimum atomic E-state index is 0.726. The average molecular weight is 244 g/mol. The number of nitrogens with zero attached hydrogens (tertiary/aromatic N) is 1. The normalized spacial score (nSPS) is 27.9. The first-order chi connectivity index (χ1) is 8.42. The maximum atomic E-state index is 3.62. The van der Waals surface area contributed by atoms with E-state index in [0.717, 1.165) is 12.0 Å². The first-order valence-corrected chi connectivity index (χ1v) is 7.24. The smallest absolute Gasteiger partial charge is 0.0455 e. The van der Waals surface area contributed by atoms with E-state index < -0.39 is 0 Å². The highest BCUT2D eigenvalue weighted by Crippen LogP contribution is 2.35. The van der Waals surface area contributed by atoms with E-state index >= 15 is 0 Å². The maximum Gasteiger partial charge on any atom is 0.0455 e. The third-order valence-corrected chi connectivity index (χ3v) is 5.06. The molecule has 2 saturated heterocycles. The van der Waals surface area contributed by atoms with E-state index in [1.807, 2.05) is 11.3 Å². The van der Waals surface area contributed by atoms with Crippen LogP contribution in [0.3, 0.4) is 0 Å². The molecule has 1 N–H and O–H groups in total. The SMILES string of the molecule is c1cc(N2CC3CCNC3C2)c2ccsc2c1. The van der Waals surface area contributed by atoms with Gasteiger partial charge < -0.3 is 10.2 Å². The highest BCUT2D eigenvalue weighted by atomic mass is 32.1. The zero-order chi connectivity index (χ0) is 11.2. The molecule has 2 aliphatic rings. The van der Waals surface area contributed by atoms with E-state index in [4.69, 9.17) is 0 Å². The van der Waals surface area contributed by atoms with Crippen molar-refractivity contribution in [2.45, 2.75) is 12.5 Å². The Labute approximate surface area is 105 Å². The van der Waals surface area contributed by atoms with Crippen LogP contribution in [0, 0.1) is 5.92 Å². The fraction of sp³-hybridized carbons (Fsp3) is 0.429. The van der Waals surface area contributed by atoms with Crippen molar-refractivity contribution < 1.29 is 0 Å². The molecular weight excluding hydrogens is 228 g/mol. The third kappa shape index (κ3) is 1.49. The lowest BCUT2D eigenvalue weighted by Gasteiger charge is -2.20. The molecule has 2 atom stereocenters. The topological polar surface area (TPSA) is 15.3 Å². The number of thiophene rings is 1. The number of benzene rings is 1. The van der Waals surface area contributed by atoms with E-state index in [1.165, 1.54) is 41.8 Å². The highest BCUT2D eigenvalue weighted by molar-refractivity contribution is 7.17. The summed E-state index contributed by atoms with van der Waals surface area (Å²) in [6.07, 6.45) is 1.35. The van der Waals surface area contributed by atoms with E-state index in [1.54, 1.807) is 0 Å². The minimum absolute atomic E-state index is 0.726. The fourth-order valence-corrected chi connectivity index (χ4v) is 4.11. The van der Waals surface area contributed by atoms with Gasteiger partial charge in [0.1, 0.15) is 0 Å². The standard InChI is InChI=1S/C14H16N2S/c1-2-13(11-5-7-17-14(11)3-1)16-8-10-4-6-15-12(10)9-16/h1-3,5,7,10,12,15H,4,6,8-9H2. The minimum Gasteiger partial charge on any atom is -0.369 e. The first kappa shape index (κ1) is 9.92. The van der Waals surface area contributed by atoms with E-state index in [-0.39, 0.29) is 0 Å². The van der Waals surface area contributed by atoms with Gasteiger partial charge in [0.2, 0.25) is 0 Å². The molecule has 0 spiro atoms. The second-order valence-electron chi connectivity index (χ2n) is 5.12. The lowest BCUT2D eigenvalue weighted by Crippen LogP contribution is -2.30. The molecule has 1 aromatic carbocycles. The van der Waals surface area contributed by atoms with Gasteiger partial charge in [-0.1, -0.05) is 6.07 Å². The molecule has 0 amide bonds. The zero-order valence-corrected chi connectivity index (χ0v) is 10.5. The zero-order valence-electron chi connectivity index (χ0n) is 9.73. The van der Waals surface area contributed by atoms with Crippen molar-refractivity contribution in [2.24, 2.45) is 5.92 Å². The largest absolute Gasteiger partial charge is 0.369 e. The molecule has 88 valence electrons. The molecule has 3 heterocycles. The summed E-state index contributed by atoms with van der Waals surface area (Å²) in [6, 6.07) is 9.67. The molecule has 17 heavy (non-hydrogen) atoms. The lowest BCUT2D eigenvalue weighted by atomic mass is 10.1. The second kappa shape index (κ2) is 3.72. The summed E-state index contributed by atoms with van der Waals surface area (Å²) in [6.45, 7) is 3.62. The summed E-state index contributed by atoms with van der Waals surface area (Å²) < 4.78 is 1.41. The molecule has 0 saturated carbocycles. The second-order valence-corrected chi connectivity index (χ2v) is 6.07. The van der Waals surface area contributed by atoms with Crippen LogP contribution in [-0.2, 0) is 0 Å². The molecule has 2 nitrogen and oxygen atoms in total. The van der Waals surface area contributed by atoms with Crippen LogP contribution >= 0.6 is 11.3 Å². The van der Waals surface area contributed by atoms with Crippen molar-refractivity contribution in [3.8, 4) is 0 Å². The van der Waals surface area contributed by atoms with Crippen LogP contribution < -0.4 is 10.2 Å². The van der Waals surface area contributed by atoms with Gasteiger partial charge in [-0.05, 0) is 42.5 Å². The van der Waals surface area contributed by atoms with Gasteiger partial charge >= 0.3 is 0 Å². The van der Waals surface area contributed by atoms with Gasteiger partial charge in [-0.2, -0.15) is 0 Å². The Balaban J connectivity index is 1.73. The first-order valence-electron chi connectivity index (χ1n) is 6.36.